The third-order valence-electron chi connectivity index (χ3n) is 3.95. The molecule has 0 saturated heterocycles. The van der Waals surface area contributed by atoms with Gasteiger partial charge in [0.15, 0.2) is 0 Å². The molecule has 1 aliphatic rings. The van der Waals surface area contributed by atoms with Gasteiger partial charge in [-0.2, -0.15) is 0 Å². The monoisotopic (exact) mass is 420 g/mol. The molecule has 6 nitrogen and oxygen atoms in total. The second kappa shape index (κ2) is 7.50. The fourth-order valence-electron chi connectivity index (χ4n) is 2.75. The van der Waals surface area contributed by atoms with Crippen LogP contribution in [0.1, 0.15) is 19.4 Å². The van der Waals surface area contributed by atoms with Crippen LogP contribution in [0.3, 0.4) is 0 Å². The summed E-state index contributed by atoms with van der Waals surface area (Å²) >= 11 is 1.24. The molecule has 28 heavy (non-hydrogen) atoms. The molecule has 0 fully saturated rings. The van der Waals surface area contributed by atoms with Crippen LogP contribution >= 0.6 is 11.8 Å². The summed E-state index contributed by atoms with van der Waals surface area (Å²) in [4.78, 5) is 27.2. The van der Waals surface area contributed by atoms with E-state index in [9.17, 15) is 22.4 Å². The number of primary sulfonamides is 1. The zero-order valence-electron chi connectivity index (χ0n) is 15.0. The van der Waals surface area contributed by atoms with Gasteiger partial charge in [-0.15, -0.1) is 11.8 Å². The largest absolute Gasteiger partial charge is 0.272 e. The topological polar surface area (TPSA) is 97.5 Å². The minimum Gasteiger partial charge on any atom is -0.268 e. The second-order valence-corrected chi connectivity index (χ2v) is 9.51. The van der Waals surface area contributed by atoms with Crippen molar-refractivity contribution in [2.75, 3.05) is 4.90 Å². The van der Waals surface area contributed by atoms with Crippen LogP contribution in [0.4, 0.5) is 10.1 Å². The molecule has 2 aromatic carbocycles. The fourth-order valence-corrected chi connectivity index (χ4v) is 4.25. The number of nitrogens with two attached hydrogens (primary N) is 1. The number of nitrogens with zero attached hydrogens (tertiary/aromatic N) is 1. The van der Waals surface area contributed by atoms with Crippen molar-refractivity contribution in [3.05, 3.63) is 64.8 Å². The van der Waals surface area contributed by atoms with E-state index < -0.39 is 27.7 Å². The van der Waals surface area contributed by atoms with E-state index in [1.54, 1.807) is 0 Å². The average Bonchev–Trinajstić information content (AvgIpc) is 2.85. The van der Waals surface area contributed by atoms with E-state index in [0.717, 1.165) is 4.90 Å². The Balaban J connectivity index is 2.06. The Bertz CT molecular complexity index is 1080. The molecule has 0 bridgehead atoms. The highest BCUT2D eigenvalue weighted by molar-refractivity contribution is 8.04. The summed E-state index contributed by atoms with van der Waals surface area (Å²) < 4.78 is 36.1. The lowest BCUT2D eigenvalue weighted by atomic mass is 10.1. The van der Waals surface area contributed by atoms with E-state index >= 15 is 0 Å². The van der Waals surface area contributed by atoms with Gasteiger partial charge in [0, 0.05) is 5.25 Å². The van der Waals surface area contributed by atoms with Gasteiger partial charge < -0.3 is 0 Å². The van der Waals surface area contributed by atoms with E-state index in [1.165, 1.54) is 60.3 Å². The Labute approximate surface area is 166 Å². The summed E-state index contributed by atoms with van der Waals surface area (Å²) in [6, 6.07) is 10.5. The van der Waals surface area contributed by atoms with E-state index in [4.69, 9.17) is 5.14 Å². The minimum absolute atomic E-state index is 0.0342. The summed E-state index contributed by atoms with van der Waals surface area (Å²) in [6.07, 6.45) is 0. The number of hydrogen-bond acceptors (Lipinski definition) is 5. The van der Waals surface area contributed by atoms with Crippen molar-refractivity contribution in [3.63, 3.8) is 0 Å². The smallest absolute Gasteiger partial charge is 0.268 e. The van der Waals surface area contributed by atoms with Gasteiger partial charge in [0.05, 0.1) is 21.1 Å². The highest BCUT2D eigenvalue weighted by atomic mass is 32.2. The van der Waals surface area contributed by atoms with Crippen molar-refractivity contribution in [1.82, 2.24) is 0 Å². The predicted molar refractivity (Wildman–Crippen MR) is 106 cm³/mol. The fraction of sp³-hybridized carbons (Fsp3) is 0.158. The molecule has 1 heterocycles. The lowest BCUT2D eigenvalue weighted by Crippen LogP contribution is -2.31. The first kappa shape index (κ1) is 20.2. The van der Waals surface area contributed by atoms with Gasteiger partial charge >= 0.3 is 0 Å². The molecule has 2 aromatic rings. The van der Waals surface area contributed by atoms with Crippen molar-refractivity contribution in [2.24, 2.45) is 5.14 Å². The van der Waals surface area contributed by atoms with Crippen LogP contribution in [-0.2, 0) is 19.6 Å². The molecule has 1 aliphatic heterocycles. The number of sulfonamides is 1. The average molecular weight is 420 g/mol. The standard InChI is InChI=1S/C19H17FN2O4S2/c1-11(2)27-17-16(12-3-5-13(20)6-4-12)18(23)22(19(17)24)14-7-9-15(10-8-14)28(21,25)26/h3-11H,1-2H3,(H2,21,25,26). The number of hydrogen-bond donors (Lipinski definition) is 1. The van der Waals surface area contributed by atoms with Gasteiger partial charge in [-0.3, -0.25) is 9.59 Å². The molecule has 0 saturated carbocycles. The highest BCUT2D eigenvalue weighted by Crippen LogP contribution is 2.40. The Morgan fingerprint density at radius 2 is 1.54 bits per heavy atom. The van der Waals surface area contributed by atoms with Gasteiger partial charge in [-0.25, -0.2) is 22.8 Å². The quantitative estimate of drug-likeness (QED) is 0.750. The molecular formula is C19H17FN2O4S2. The SMILES string of the molecule is CC(C)SC1=C(c2ccc(F)cc2)C(=O)N(c2ccc(S(N)(=O)=O)cc2)C1=O. The van der Waals surface area contributed by atoms with Crippen LogP contribution in [0.5, 0.6) is 0 Å². The number of imide groups is 1. The van der Waals surface area contributed by atoms with E-state index in [2.05, 4.69) is 0 Å². The van der Waals surface area contributed by atoms with Crippen molar-refractivity contribution in [3.8, 4) is 0 Å². The van der Waals surface area contributed by atoms with Gasteiger partial charge in [0.2, 0.25) is 10.0 Å². The van der Waals surface area contributed by atoms with Crippen molar-refractivity contribution in [2.45, 2.75) is 24.0 Å². The Hall–Kier alpha value is -2.49. The Morgan fingerprint density at radius 3 is 2.04 bits per heavy atom. The second-order valence-electron chi connectivity index (χ2n) is 6.36. The van der Waals surface area contributed by atoms with Crippen molar-refractivity contribution >= 4 is 44.9 Å². The molecule has 146 valence electrons. The van der Waals surface area contributed by atoms with Crippen LogP contribution < -0.4 is 10.0 Å². The number of anilines is 1. The van der Waals surface area contributed by atoms with Crippen LogP contribution in [-0.4, -0.2) is 25.5 Å². The van der Waals surface area contributed by atoms with Gasteiger partial charge in [0.1, 0.15) is 5.82 Å². The lowest BCUT2D eigenvalue weighted by molar-refractivity contribution is -0.119. The zero-order valence-corrected chi connectivity index (χ0v) is 16.7. The zero-order chi connectivity index (χ0) is 20.6. The maximum absolute atomic E-state index is 13.3. The minimum atomic E-state index is -3.89. The Kier molecular flexibility index (Phi) is 5.42. The number of thioether (sulfide) groups is 1. The van der Waals surface area contributed by atoms with Crippen molar-refractivity contribution < 1.29 is 22.4 Å². The molecule has 0 radical (unpaired) electrons. The molecule has 2 N–H and O–H groups in total. The summed E-state index contributed by atoms with van der Waals surface area (Å²) in [5.41, 5.74) is 0.854. The highest BCUT2D eigenvalue weighted by Gasteiger charge is 2.40. The first-order valence-corrected chi connectivity index (χ1v) is 10.7. The molecular weight excluding hydrogens is 403 g/mol. The third kappa shape index (κ3) is 3.87. The third-order valence-corrected chi connectivity index (χ3v) is 5.97. The Morgan fingerprint density at radius 1 is 0.964 bits per heavy atom. The summed E-state index contributed by atoms with van der Waals surface area (Å²) in [5, 5.41) is 5.12. The van der Waals surface area contributed by atoms with Gasteiger partial charge in [-0.1, -0.05) is 26.0 Å². The number of carbonyl (C=O) groups excluding carboxylic acids is 2. The van der Waals surface area contributed by atoms with Gasteiger partial charge in [-0.05, 0) is 42.0 Å². The lowest BCUT2D eigenvalue weighted by Gasteiger charge is -2.15. The maximum atomic E-state index is 13.3. The molecule has 3 rings (SSSR count). The van der Waals surface area contributed by atoms with Crippen molar-refractivity contribution in [1.29, 1.82) is 0 Å². The number of carbonyl (C=O) groups is 2. The van der Waals surface area contributed by atoms with Crippen LogP contribution in [0.25, 0.3) is 5.57 Å². The predicted octanol–water partition coefficient (Wildman–Crippen LogP) is 2.90. The molecule has 0 spiro atoms. The molecule has 9 heteroatoms. The van der Waals surface area contributed by atoms with E-state index in [0.29, 0.717) is 5.56 Å². The number of benzene rings is 2. The molecule has 0 aliphatic carbocycles. The van der Waals surface area contributed by atoms with Crippen LogP contribution in [0.15, 0.2) is 58.3 Å². The van der Waals surface area contributed by atoms with E-state index in [1.807, 2.05) is 13.8 Å². The molecule has 0 unspecified atom stereocenters. The first-order valence-electron chi connectivity index (χ1n) is 8.28. The number of amides is 2. The molecule has 0 aromatic heterocycles. The summed E-state index contributed by atoms with van der Waals surface area (Å²) in [5.74, 6) is -1.51. The molecule has 2 amide bonds. The first-order chi connectivity index (χ1) is 13.1. The number of rotatable bonds is 5. The van der Waals surface area contributed by atoms with Crippen LogP contribution in [0.2, 0.25) is 0 Å². The maximum Gasteiger partial charge on any atom is 0.272 e. The van der Waals surface area contributed by atoms with E-state index in [-0.39, 0.29) is 26.3 Å². The summed E-state index contributed by atoms with van der Waals surface area (Å²) in [6.45, 7) is 3.78. The molecule has 0 atom stereocenters. The van der Waals surface area contributed by atoms with Crippen LogP contribution in [0, 0.1) is 5.82 Å². The van der Waals surface area contributed by atoms with Gasteiger partial charge in [0.25, 0.3) is 11.8 Å². The normalized spacial score (nSPS) is 15.1. The number of halogens is 1. The summed E-state index contributed by atoms with van der Waals surface area (Å²) in [7, 11) is -3.89.